The van der Waals surface area contributed by atoms with E-state index in [-0.39, 0.29) is 5.91 Å². The number of thiophene rings is 1. The van der Waals surface area contributed by atoms with Crippen LogP contribution in [0.4, 0.5) is 5.82 Å². The lowest BCUT2D eigenvalue weighted by Gasteiger charge is -2.14. The van der Waals surface area contributed by atoms with Crippen molar-refractivity contribution in [3.63, 3.8) is 0 Å². The molecule has 1 aliphatic rings. The molecule has 8 heteroatoms. The molecule has 0 unspecified atom stereocenters. The molecule has 1 aliphatic carbocycles. The van der Waals surface area contributed by atoms with Crippen LogP contribution in [0.15, 0.2) is 23.6 Å². The molecule has 0 aliphatic heterocycles. The summed E-state index contributed by atoms with van der Waals surface area (Å²) in [5.74, 6) is 1.07. The lowest BCUT2D eigenvalue weighted by molar-refractivity contribution is -0.113. The van der Waals surface area contributed by atoms with E-state index in [9.17, 15) is 4.79 Å². The smallest absolute Gasteiger partial charge is 0.235 e. The van der Waals surface area contributed by atoms with Crippen LogP contribution in [0.1, 0.15) is 42.2 Å². The second kappa shape index (κ2) is 7.36. The quantitative estimate of drug-likeness (QED) is 0.520. The van der Waals surface area contributed by atoms with Gasteiger partial charge in [0, 0.05) is 16.3 Å². The van der Waals surface area contributed by atoms with Crippen molar-refractivity contribution < 1.29 is 4.79 Å². The summed E-state index contributed by atoms with van der Waals surface area (Å²) in [6.07, 6.45) is 8.07. The Morgan fingerprint density at radius 2 is 2.15 bits per heavy atom. The highest BCUT2D eigenvalue weighted by Gasteiger charge is 2.21. The molecule has 3 heterocycles. The number of rotatable bonds is 5. The van der Waals surface area contributed by atoms with Gasteiger partial charge in [-0.05, 0) is 32.3 Å². The molecule has 3 aromatic heterocycles. The number of anilines is 1. The van der Waals surface area contributed by atoms with Crippen molar-refractivity contribution in [1.29, 1.82) is 0 Å². The lowest BCUT2D eigenvalue weighted by atomic mass is 10.2. The minimum absolute atomic E-state index is 0.0360. The van der Waals surface area contributed by atoms with Crippen LogP contribution in [0.2, 0.25) is 0 Å². The van der Waals surface area contributed by atoms with Crippen LogP contribution in [0.3, 0.4) is 0 Å². The van der Waals surface area contributed by atoms with Crippen molar-refractivity contribution in [2.24, 2.45) is 0 Å². The maximum Gasteiger partial charge on any atom is 0.235 e. The van der Waals surface area contributed by atoms with Crippen molar-refractivity contribution in [3.05, 3.63) is 29.0 Å². The van der Waals surface area contributed by atoms with Crippen LogP contribution in [0, 0.1) is 13.8 Å². The molecular formula is C18H21N5OS2. The van der Waals surface area contributed by atoms with Crippen LogP contribution in [0.25, 0.3) is 10.2 Å². The van der Waals surface area contributed by atoms with Gasteiger partial charge in [-0.2, -0.15) is 5.10 Å². The monoisotopic (exact) mass is 387 g/mol. The van der Waals surface area contributed by atoms with E-state index in [1.807, 2.05) is 10.7 Å². The van der Waals surface area contributed by atoms with Gasteiger partial charge in [0.2, 0.25) is 5.91 Å². The van der Waals surface area contributed by atoms with E-state index in [1.54, 1.807) is 23.9 Å². The first kappa shape index (κ1) is 17.5. The highest BCUT2D eigenvalue weighted by molar-refractivity contribution is 8.00. The average Bonchev–Trinajstić information content (AvgIpc) is 3.35. The zero-order valence-corrected chi connectivity index (χ0v) is 16.5. The third kappa shape index (κ3) is 3.35. The number of nitrogens with zero attached hydrogens (tertiary/aromatic N) is 4. The summed E-state index contributed by atoms with van der Waals surface area (Å²) in [7, 11) is 0. The molecular weight excluding hydrogens is 366 g/mol. The molecule has 26 heavy (non-hydrogen) atoms. The Morgan fingerprint density at radius 1 is 1.35 bits per heavy atom. The third-order valence-corrected chi connectivity index (χ3v) is 6.98. The van der Waals surface area contributed by atoms with Gasteiger partial charge in [-0.25, -0.2) is 14.6 Å². The summed E-state index contributed by atoms with van der Waals surface area (Å²) < 4.78 is 1.96. The molecule has 4 rings (SSSR count). The van der Waals surface area contributed by atoms with Crippen molar-refractivity contribution in [3.8, 4) is 0 Å². The molecule has 1 saturated carbocycles. The van der Waals surface area contributed by atoms with Gasteiger partial charge in [-0.1, -0.05) is 24.6 Å². The summed E-state index contributed by atoms with van der Waals surface area (Å²) >= 11 is 3.13. The standard InChI is InChI=1S/C18H21N5OS2/c1-11-12(2)26-18-16(11)17(19-10-20-18)25-9-15(24)22-14-7-8-21-23(14)13-5-3-4-6-13/h7-8,10,13H,3-6,9H2,1-2H3,(H,22,24). The number of hydrogen-bond acceptors (Lipinski definition) is 6. The van der Waals surface area contributed by atoms with Gasteiger partial charge in [-0.3, -0.25) is 4.79 Å². The lowest BCUT2D eigenvalue weighted by Crippen LogP contribution is -2.19. The Morgan fingerprint density at radius 3 is 2.96 bits per heavy atom. The fourth-order valence-electron chi connectivity index (χ4n) is 3.43. The number of fused-ring (bicyclic) bond motifs is 1. The van der Waals surface area contributed by atoms with Gasteiger partial charge in [-0.15, -0.1) is 11.3 Å². The molecule has 1 N–H and O–H groups in total. The van der Waals surface area contributed by atoms with Gasteiger partial charge in [0.1, 0.15) is 22.0 Å². The zero-order chi connectivity index (χ0) is 18.1. The summed E-state index contributed by atoms with van der Waals surface area (Å²) in [5.41, 5.74) is 1.20. The third-order valence-electron chi connectivity index (χ3n) is 4.88. The van der Waals surface area contributed by atoms with E-state index < -0.39 is 0 Å². The second-order valence-corrected chi connectivity index (χ2v) is 8.75. The number of aromatic nitrogens is 4. The van der Waals surface area contributed by atoms with Gasteiger partial charge in [0.05, 0.1) is 18.0 Å². The predicted octanol–water partition coefficient (Wildman–Crippen LogP) is 4.35. The molecule has 1 fully saturated rings. The fourth-order valence-corrected chi connectivity index (χ4v) is 5.34. The Hall–Kier alpha value is -1.93. The molecule has 3 aromatic rings. The van der Waals surface area contributed by atoms with E-state index in [1.165, 1.54) is 35.0 Å². The average molecular weight is 388 g/mol. The first-order valence-corrected chi connectivity index (χ1v) is 10.6. The Kier molecular flexibility index (Phi) is 4.95. The maximum atomic E-state index is 12.5. The van der Waals surface area contributed by atoms with E-state index in [0.717, 1.165) is 33.9 Å². The first-order valence-electron chi connectivity index (χ1n) is 8.80. The summed E-state index contributed by atoms with van der Waals surface area (Å²) in [6.45, 7) is 4.18. The van der Waals surface area contributed by atoms with E-state index >= 15 is 0 Å². The Bertz CT molecular complexity index is 942. The van der Waals surface area contributed by atoms with Crippen LogP contribution < -0.4 is 5.32 Å². The highest BCUT2D eigenvalue weighted by Crippen LogP contribution is 2.34. The van der Waals surface area contributed by atoms with Crippen molar-refractivity contribution >= 4 is 45.0 Å². The van der Waals surface area contributed by atoms with Gasteiger partial charge in [0.15, 0.2) is 0 Å². The number of carbonyl (C=O) groups excluding carboxylic acids is 1. The van der Waals surface area contributed by atoms with E-state index in [0.29, 0.717) is 11.8 Å². The van der Waals surface area contributed by atoms with Crippen molar-refractivity contribution in [1.82, 2.24) is 19.7 Å². The van der Waals surface area contributed by atoms with Crippen molar-refractivity contribution in [2.75, 3.05) is 11.1 Å². The second-order valence-electron chi connectivity index (χ2n) is 6.58. The van der Waals surface area contributed by atoms with E-state index in [2.05, 4.69) is 34.2 Å². The normalized spacial score (nSPS) is 15.0. The summed E-state index contributed by atoms with van der Waals surface area (Å²) in [4.78, 5) is 23.4. The number of aryl methyl sites for hydroxylation is 2. The van der Waals surface area contributed by atoms with Crippen molar-refractivity contribution in [2.45, 2.75) is 50.6 Å². The van der Waals surface area contributed by atoms with Gasteiger partial charge < -0.3 is 5.32 Å². The fraction of sp³-hybridized carbons (Fsp3) is 0.444. The molecule has 0 spiro atoms. The Balaban J connectivity index is 1.45. The first-order chi connectivity index (χ1) is 12.6. The number of hydrogen-bond donors (Lipinski definition) is 1. The molecule has 0 aromatic carbocycles. The van der Waals surface area contributed by atoms with Crippen LogP contribution >= 0.6 is 23.1 Å². The van der Waals surface area contributed by atoms with Gasteiger partial charge in [0.25, 0.3) is 0 Å². The zero-order valence-electron chi connectivity index (χ0n) is 14.9. The molecule has 6 nitrogen and oxygen atoms in total. The number of thioether (sulfide) groups is 1. The van der Waals surface area contributed by atoms with Gasteiger partial charge >= 0.3 is 0 Å². The predicted molar refractivity (Wildman–Crippen MR) is 106 cm³/mol. The summed E-state index contributed by atoms with van der Waals surface area (Å²) in [5, 5.41) is 9.35. The topological polar surface area (TPSA) is 72.7 Å². The van der Waals surface area contributed by atoms with Crippen LogP contribution in [-0.4, -0.2) is 31.4 Å². The molecule has 0 radical (unpaired) electrons. The highest BCUT2D eigenvalue weighted by atomic mass is 32.2. The number of carbonyl (C=O) groups is 1. The molecule has 0 saturated heterocycles. The maximum absolute atomic E-state index is 12.5. The van der Waals surface area contributed by atoms with Crippen LogP contribution in [0.5, 0.6) is 0 Å². The van der Waals surface area contributed by atoms with E-state index in [4.69, 9.17) is 0 Å². The molecule has 0 atom stereocenters. The summed E-state index contributed by atoms with van der Waals surface area (Å²) in [6, 6.07) is 2.28. The number of amides is 1. The largest absolute Gasteiger partial charge is 0.310 e. The Labute approximate surface area is 160 Å². The minimum Gasteiger partial charge on any atom is -0.310 e. The molecule has 1 amide bonds. The molecule has 0 bridgehead atoms. The SMILES string of the molecule is Cc1sc2ncnc(SCC(=O)Nc3ccnn3C3CCCC3)c2c1C. The molecule has 136 valence electrons. The number of nitrogens with one attached hydrogen (secondary N) is 1. The van der Waals surface area contributed by atoms with Crippen LogP contribution in [-0.2, 0) is 4.79 Å². The minimum atomic E-state index is -0.0360.